The zero-order chi connectivity index (χ0) is 20.9. The van der Waals surface area contributed by atoms with E-state index in [0.29, 0.717) is 5.02 Å². The Morgan fingerprint density at radius 3 is 2.23 bits per heavy atom. The predicted molar refractivity (Wildman–Crippen MR) is 122 cm³/mol. The molecule has 0 saturated heterocycles. The van der Waals surface area contributed by atoms with Crippen LogP contribution in [0.15, 0.2) is 84.2 Å². The van der Waals surface area contributed by atoms with Gasteiger partial charge in [0.25, 0.3) is 0 Å². The van der Waals surface area contributed by atoms with Crippen molar-refractivity contribution >= 4 is 28.9 Å². The van der Waals surface area contributed by atoms with Crippen LogP contribution in [-0.4, -0.2) is 13.1 Å². The molecule has 0 bridgehead atoms. The largest absolute Gasteiger partial charge is 0.469 e. The lowest BCUT2D eigenvalue weighted by Crippen LogP contribution is -2.05. The zero-order valence-corrected chi connectivity index (χ0v) is 17.9. The molecule has 30 heavy (non-hydrogen) atoms. The molecule has 0 amide bonds. The summed E-state index contributed by atoms with van der Waals surface area (Å²) in [6.07, 6.45) is 0.179. The number of hydrogen-bond donors (Lipinski definition) is 0. The zero-order valence-electron chi connectivity index (χ0n) is 16.3. The van der Waals surface area contributed by atoms with E-state index >= 15 is 0 Å². The summed E-state index contributed by atoms with van der Waals surface area (Å²) in [5, 5.41) is 2.70. The van der Waals surface area contributed by atoms with Crippen LogP contribution in [0.2, 0.25) is 5.02 Å². The van der Waals surface area contributed by atoms with Crippen LogP contribution >= 0.6 is 22.9 Å². The summed E-state index contributed by atoms with van der Waals surface area (Å²) in [6, 6.07) is 25.2. The Hall–Kier alpha value is -3.08. The molecule has 0 saturated carbocycles. The molecule has 1 aromatic heterocycles. The number of benzene rings is 3. The SMILES string of the molecule is COC(=O)Cc1c(-c2ccccc2Cl)csc1-c1ccc(Oc2ccccc2)cc1. The van der Waals surface area contributed by atoms with E-state index < -0.39 is 0 Å². The quantitative estimate of drug-likeness (QED) is 0.300. The number of para-hydroxylation sites is 1. The van der Waals surface area contributed by atoms with Crippen LogP contribution in [0.4, 0.5) is 0 Å². The third-order valence-corrected chi connectivity index (χ3v) is 6.10. The van der Waals surface area contributed by atoms with Gasteiger partial charge in [0.05, 0.1) is 13.5 Å². The first kappa shape index (κ1) is 20.2. The molecule has 0 unspecified atom stereocenters. The fourth-order valence-corrected chi connectivity index (χ4v) is 4.56. The van der Waals surface area contributed by atoms with Gasteiger partial charge in [-0.25, -0.2) is 0 Å². The molecular weight excluding hydrogens is 416 g/mol. The highest BCUT2D eigenvalue weighted by Crippen LogP contribution is 2.41. The third-order valence-electron chi connectivity index (χ3n) is 4.70. The second-order valence-electron chi connectivity index (χ2n) is 6.63. The number of thiophene rings is 1. The maximum Gasteiger partial charge on any atom is 0.310 e. The van der Waals surface area contributed by atoms with E-state index in [1.807, 2.05) is 84.2 Å². The van der Waals surface area contributed by atoms with E-state index in [2.05, 4.69) is 0 Å². The normalized spacial score (nSPS) is 10.6. The summed E-state index contributed by atoms with van der Waals surface area (Å²) >= 11 is 8.01. The smallest absolute Gasteiger partial charge is 0.310 e. The Balaban J connectivity index is 1.69. The Morgan fingerprint density at radius 2 is 1.53 bits per heavy atom. The molecule has 0 N–H and O–H groups in total. The minimum atomic E-state index is -0.285. The van der Waals surface area contributed by atoms with Crippen molar-refractivity contribution in [3.05, 3.63) is 94.8 Å². The molecule has 3 nitrogen and oxygen atoms in total. The monoisotopic (exact) mass is 434 g/mol. The van der Waals surface area contributed by atoms with Crippen molar-refractivity contribution in [2.24, 2.45) is 0 Å². The molecule has 1 heterocycles. The summed E-state index contributed by atoms with van der Waals surface area (Å²) in [5.41, 5.74) is 3.79. The van der Waals surface area contributed by atoms with E-state index in [1.54, 1.807) is 11.3 Å². The van der Waals surface area contributed by atoms with E-state index in [-0.39, 0.29) is 12.4 Å². The van der Waals surface area contributed by atoms with Crippen LogP contribution in [-0.2, 0) is 16.0 Å². The average molecular weight is 435 g/mol. The topological polar surface area (TPSA) is 35.5 Å². The van der Waals surface area contributed by atoms with E-state index in [4.69, 9.17) is 21.1 Å². The maximum atomic E-state index is 12.1. The summed E-state index contributed by atoms with van der Waals surface area (Å²) in [7, 11) is 1.40. The van der Waals surface area contributed by atoms with Crippen LogP contribution in [0.5, 0.6) is 11.5 Å². The van der Waals surface area contributed by atoms with Gasteiger partial charge in [-0.05, 0) is 64.5 Å². The molecule has 4 aromatic rings. The Kier molecular flexibility index (Phi) is 6.17. The molecule has 0 radical (unpaired) electrons. The summed E-state index contributed by atoms with van der Waals surface area (Å²) in [6.45, 7) is 0. The van der Waals surface area contributed by atoms with Gasteiger partial charge in [-0.3, -0.25) is 4.79 Å². The number of halogens is 1. The first-order valence-corrected chi connectivity index (χ1v) is 10.7. The van der Waals surface area contributed by atoms with Gasteiger partial charge in [-0.2, -0.15) is 0 Å². The van der Waals surface area contributed by atoms with Crippen LogP contribution in [0.1, 0.15) is 5.56 Å². The van der Waals surface area contributed by atoms with Crippen molar-refractivity contribution < 1.29 is 14.3 Å². The highest BCUT2D eigenvalue weighted by molar-refractivity contribution is 7.14. The van der Waals surface area contributed by atoms with Gasteiger partial charge in [0, 0.05) is 15.5 Å². The Bertz CT molecular complexity index is 1150. The molecule has 0 atom stereocenters. The van der Waals surface area contributed by atoms with Crippen molar-refractivity contribution in [1.82, 2.24) is 0 Å². The molecule has 5 heteroatoms. The van der Waals surface area contributed by atoms with Crippen molar-refractivity contribution in [3.63, 3.8) is 0 Å². The number of ether oxygens (including phenoxy) is 2. The lowest BCUT2D eigenvalue weighted by atomic mass is 9.98. The lowest BCUT2D eigenvalue weighted by Gasteiger charge is -2.10. The summed E-state index contributed by atoms with van der Waals surface area (Å²) < 4.78 is 10.8. The van der Waals surface area contributed by atoms with Gasteiger partial charge in [-0.15, -0.1) is 11.3 Å². The summed E-state index contributed by atoms with van der Waals surface area (Å²) in [5.74, 6) is 1.25. The van der Waals surface area contributed by atoms with Gasteiger partial charge < -0.3 is 9.47 Å². The van der Waals surface area contributed by atoms with E-state index in [0.717, 1.165) is 38.6 Å². The molecule has 0 aliphatic heterocycles. The third kappa shape index (κ3) is 4.40. The fourth-order valence-electron chi connectivity index (χ4n) is 3.22. The molecule has 0 aliphatic rings. The van der Waals surface area contributed by atoms with Crippen LogP contribution < -0.4 is 4.74 Å². The lowest BCUT2D eigenvalue weighted by molar-refractivity contribution is -0.139. The van der Waals surface area contributed by atoms with Gasteiger partial charge >= 0.3 is 5.97 Å². The van der Waals surface area contributed by atoms with Crippen molar-refractivity contribution in [2.45, 2.75) is 6.42 Å². The van der Waals surface area contributed by atoms with Crippen LogP contribution in [0, 0.1) is 0 Å². The molecular formula is C25H19ClO3S. The Labute approximate surface area is 184 Å². The van der Waals surface area contributed by atoms with Crippen molar-refractivity contribution in [1.29, 1.82) is 0 Å². The number of carbonyl (C=O) groups is 1. The van der Waals surface area contributed by atoms with Gasteiger partial charge in [0.1, 0.15) is 11.5 Å². The van der Waals surface area contributed by atoms with E-state index in [9.17, 15) is 4.79 Å². The number of methoxy groups -OCH3 is 1. The average Bonchev–Trinajstić information content (AvgIpc) is 3.18. The van der Waals surface area contributed by atoms with E-state index in [1.165, 1.54) is 7.11 Å². The summed E-state index contributed by atoms with van der Waals surface area (Å²) in [4.78, 5) is 13.1. The standard InChI is InChI=1S/C25H19ClO3S/c1-28-24(27)15-21-22(20-9-5-6-10-23(20)26)16-30-25(21)17-11-13-19(14-12-17)29-18-7-3-2-4-8-18/h2-14,16H,15H2,1H3. The van der Waals surface area contributed by atoms with Crippen LogP contribution in [0.25, 0.3) is 21.6 Å². The van der Waals surface area contributed by atoms with Crippen LogP contribution in [0.3, 0.4) is 0 Å². The number of esters is 1. The predicted octanol–water partition coefficient (Wildman–Crippen LogP) is 7.24. The molecule has 3 aromatic carbocycles. The van der Waals surface area contributed by atoms with Gasteiger partial charge in [0.2, 0.25) is 0 Å². The molecule has 0 aliphatic carbocycles. The maximum absolute atomic E-state index is 12.1. The second kappa shape index (κ2) is 9.16. The molecule has 0 fully saturated rings. The van der Waals surface area contributed by atoms with Gasteiger partial charge in [0.15, 0.2) is 0 Å². The number of rotatable bonds is 6. The first-order valence-electron chi connectivity index (χ1n) is 9.41. The molecule has 0 spiro atoms. The molecule has 4 rings (SSSR count). The minimum Gasteiger partial charge on any atom is -0.469 e. The highest BCUT2D eigenvalue weighted by Gasteiger charge is 2.19. The Morgan fingerprint density at radius 1 is 0.867 bits per heavy atom. The minimum absolute atomic E-state index is 0.179. The molecule has 150 valence electrons. The fraction of sp³-hybridized carbons (Fsp3) is 0.0800. The van der Waals surface area contributed by atoms with Crippen molar-refractivity contribution in [3.8, 4) is 33.1 Å². The number of carbonyl (C=O) groups excluding carboxylic acids is 1. The second-order valence-corrected chi connectivity index (χ2v) is 7.92. The number of hydrogen-bond acceptors (Lipinski definition) is 4. The highest BCUT2D eigenvalue weighted by atomic mass is 35.5. The van der Waals surface area contributed by atoms with Gasteiger partial charge in [-0.1, -0.05) is 48.0 Å². The van der Waals surface area contributed by atoms with Crippen molar-refractivity contribution in [2.75, 3.05) is 7.11 Å². The first-order chi connectivity index (χ1) is 14.7.